The van der Waals surface area contributed by atoms with E-state index in [4.69, 9.17) is 10.5 Å². The third-order valence-electron chi connectivity index (χ3n) is 3.19. The summed E-state index contributed by atoms with van der Waals surface area (Å²) in [4.78, 5) is 0. The van der Waals surface area contributed by atoms with E-state index in [1.54, 1.807) is 6.07 Å². The lowest BCUT2D eigenvalue weighted by Gasteiger charge is -2.10. The summed E-state index contributed by atoms with van der Waals surface area (Å²) in [5, 5.41) is 0. The second-order valence-electron chi connectivity index (χ2n) is 5.18. The molecule has 0 fully saturated rings. The zero-order valence-electron chi connectivity index (χ0n) is 11.9. The third-order valence-corrected chi connectivity index (χ3v) is 3.19. The molecule has 0 amide bonds. The first-order valence-corrected chi connectivity index (χ1v) is 6.77. The lowest BCUT2D eigenvalue weighted by Crippen LogP contribution is -2.17. The molecule has 0 aliphatic heterocycles. The minimum Gasteiger partial charge on any atom is -0.489 e. The van der Waals surface area contributed by atoms with E-state index in [2.05, 4.69) is 0 Å². The minimum atomic E-state index is -0.235. The van der Waals surface area contributed by atoms with Crippen molar-refractivity contribution < 1.29 is 9.13 Å². The first-order valence-electron chi connectivity index (χ1n) is 6.77. The number of nitrogens with two attached hydrogens (primary N) is 1. The average molecular weight is 273 g/mol. The van der Waals surface area contributed by atoms with E-state index in [1.165, 1.54) is 17.7 Å². The van der Waals surface area contributed by atoms with Crippen molar-refractivity contribution in [2.75, 3.05) is 0 Å². The second kappa shape index (κ2) is 6.53. The smallest absolute Gasteiger partial charge is 0.123 e. The van der Waals surface area contributed by atoms with Crippen LogP contribution in [0.15, 0.2) is 42.5 Å². The highest BCUT2D eigenvalue weighted by Crippen LogP contribution is 2.17. The zero-order chi connectivity index (χ0) is 14.5. The van der Waals surface area contributed by atoms with Crippen molar-refractivity contribution in [1.29, 1.82) is 0 Å². The first kappa shape index (κ1) is 14.5. The summed E-state index contributed by atoms with van der Waals surface area (Å²) < 4.78 is 18.9. The van der Waals surface area contributed by atoms with Gasteiger partial charge in [0.2, 0.25) is 0 Å². The fourth-order valence-electron chi connectivity index (χ4n) is 2.05. The molecule has 2 nitrogen and oxygen atoms in total. The summed E-state index contributed by atoms with van der Waals surface area (Å²) in [6.07, 6.45) is 0.850. The summed E-state index contributed by atoms with van der Waals surface area (Å²) in [5.41, 5.74) is 8.84. The third kappa shape index (κ3) is 4.07. The normalized spacial score (nSPS) is 12.2. The van der Waals surface area contributed by atoms with Gasteiger partial charge in [-0.05, 0) is 61.2 Å². The molecule has 106 valence electrons. The van der Waals surface area contributed by atoms with Gasteiger partial charge in [0.05, 0.1) is 0 Å². The quantitative estimate of drug-likeness (QED) is 0.903. The van der Waals surface area contributed by atoms with Crippen LogP contribution in [0.4, 0.5) is 4.39 Å². The van der Waals surface area contributed by atoms with E-state index in [1.807, 2.05) is 38.1 Å². The number of halogens is 1. The van der Waals surface area contributed by atoms with Gasteiger partial charge in [-0.3, -0.25) is 0 Å². The standard InChI is InChI=1S/C17H20FNO/c1-12-3-6-16(18)10-15(12)11-20-17-7-4-14(5-8-17)9-13(2)19/h3-8,10,13H,9,11,19H2,1-2H3. The van der Waals surface area contributed by atoms with Gasteiger partial charge in [0.15, 0.2) is 0 Å². The molecule has 0 aliphatic carbocycles. The van der Waals surface area contributed by atoms with Crippen LogP contribution >= 0.6 is 0 Å². The van der Waals surface area contributed by atoms with Crippen molar-refractivity contribution >= 4 is 0 Å². The summed E-state index contributed by atoms with van der Waals surface area (Å²) in [6.45, 7) is 4.30. The second-order valence-corrected chi connectivity index (χ2v) is 5.18. The zero-order valence-corrected chi connectivity index (χ0v) is 11.9. The van der Waals surface area contributed by atoms with E-state index in [0.717, 1.165) is 23.3 Å². The van der Waals surface area contributed by atoms with E-state index in [9.17, 15) is 4.39 Å². The number of benzene rings is 2. The summed E-state index contributed by atoms with van der Waals surface area (Å²) >= 11 is 0. The molecule has 0 aliphatic rings. The fourth-order valence-corrected chi connectivity index (χ4v) is 2.05. The summed E-state index contributed by atoms with van der Waals surface area (Å²) in [7, 11) is 0. The summed E-state index contributed by atoms with van der Waals surface area (Å²) in [6, 6.07) is 12.8. The highest BCUT2D eigenvalue weighted by molar-refractivity contribution is 5.30. The van der Waals surface area contributed by atoms with Gasteiger partial charge in [-0.1, -0.05) is 18.2 Å². The molecule has 20 heavy (non-hydrogen) atoms. The number of ether oxygens (including phenoxy) is 1. The van der Waals surface area contributed by atoms with Gasteiger partial charge < -0.3 is 10.5 Å². The van der Waals surface area contributed by atoms with Gasteiger partial charge >= 0.3 is 0 Å². The largest absolute Gasteiger partial charge is 0.489 e. The number of hydrogen-bond acceptors (Lipinski definition) is 2. The Morgan fingerprint density at radius 3 is 2.50 bits per heavy atom. The number of aryl methyl sites for hydroxylation is 1. The van der Waals surface area contributed by atoms with Crippen molar-refractivity contribution in [3.8, 4) is 5.75 Å². The molecular formula is C17H20FNO. The SMILES string of the molecule is Cc1ccc(F)cc1COc1ccc(CC(C)N)cc1. The van der Waals surface area contributed by atoms with Crippen molar-refractivity contribution in [3.05, 3.63) is 65.0 Å². The lowest BCUT2D eigenvalue weighted by molar-refractivity contribution is 0.304. The molecule has 2 N–H and O–H groups in total. The highest BCUT2D eigenvalue weighted by atomic mass is 19.1. The van der Waals surface area contributed by atoms with Crippen LogP contribution in [0.1, 0.15) is 23.6 Å². The Morgan fingerprint density at radius 1 is 1.15 bits per heavy atom. The van der Waals surface area contributed by atoms with Crippen LogP contribution in [0.2, 0.25) is 0 Å². The molecule has 0 saturated carbocycles. The van der Waals surface area contributed by atoms with Crippen LogP contribution in [0.5, 0.6) is 5.75 Å². The lowest BCUT2D eigenvalue weighted by atomic mass is 10.1. The first-order chi connectivity index (χ1) is 9.54. The van der Waals surface area contributed by atoms with E-state index in [-0.39, 0.29) is 11.9 Å². The molecule has 3 heteroatoms. The molecule has 0 radical (unpaired) electrons. The van der Waals surface area contributed by atoms with Gasteiger partial charge in [-0.25, -0.2) is 4.39 Å². The highest BCUT2D eigenvalue weighted by Gasteiger charge is 2.03. The van der Waals surface area contributed by atoms with E-state index < -0.39 is 0 Å². The Labute approximate surface area is 119 Å². The molecule has 0 spiro atoms. The predicted molar refractivity (Wildman–Crippen MR) is 79.3 cm³/mol. The Balaban J connectivity index is 1.98. The Morgan fingerprint density at radius 2 is 1.85 bits per heavy atom. The molecule has 1 atom stereocenters. The van der Waals surface area contributed by atoms with Gasteiger partial charge in [0, 0.05) is 6.04 Å². The van der Waals surface area contributed by atoms with Crippen LogP contribution in [0.3, 0.4) is 0 Å². The molecule has 0 aromatic heterocycles. The predicted octanol–water partition coefficient (Wildman–Crippen LogP) is 3.60. The van der Waals surface area contributed by atoms with Crippen molar-refractivity contribution in [2.45, 2.75) is 32.9 Å². The maximum Gasteiger partial charge on any atom is 0.123 e. The van der Waals surface area contributed by atoms with Crippen molar-refractivity contribution in [2.24, 2.45) is 5.73 Å². The maximum atomic E-state index is 13.2. The van der Waals surface area contributed by atoms with Crippen molar-refractivity contribution in [3.63, 3.8) is 0 Å². The van der Waals surface area contributed by atoms with Gasteiger partial charge in [-0.2, -0.15) is 0 Å². The Hall–Kier alpha value is -1.87. The van der Waals surface area contributed by atoms with Crippen LogP contribution in [-0.2, 0) is 13.0 Å². The minimum absolute atomic E-state index is 0.150. The average Bonchev–Trinajstić information content (AvgIpc) is 2.41. The Kier molecular flexibility index (Phi) is 4.74. The Bertz CT molecular complexity index is 564. The molecule has 2 rings (SSSR count). The van der Waals surface area contributed by atoms with Gasteiger partial charge in [-0.15, -0.1) is 0 Å². The van der Waals surface area contributed by atoms with Gasteiger partial charge in [0.25, 0.3) is 0 Å². The van der Waals surface area contributed by atoms with Gasteiger partial charge in [0.1, 0.15) is 18.2 Å². The van der Waals surface area contributed by atoms with Crippen LogP contribution in [0.25, 0.3) is 0 Å². The molecule has 2 aromatic rings. The van der Waals surface area contributed by atoms with Crippen LogP contribution in [0, 0.1) is 12.7 Å². The van der Waals surface area contributed by atoms with Crippen LogP contribution < -0.4 is 10.5 Å². The number of hydrogen-bond donors (Lipinski definition) is 1. The fraction of sp³-hybridized carbons (Fsp3) is 0.294. The molecule has 0 saturated heterocycles. The number of rotatable bonds is 5. The maximum absolute atomic E-state index is 13.2. The van der Waals surface area contributed by atoms with Crippen molar-refractivity contribution in [1.82, 2.24) is 0 Å². The monoisotopic (exact) mass is 273 g/mol. The molecule has 0 heterocycles. The molecule has 0 bridgehead atoms. The molecular weight excluding hydrogens is 253 g/mol. The van der Waals surface area contributed by atoms with E-state index in [0.29, 0.717) is 6.61 Å². The topological polar surface area (TPSA) is 35.2 Å². The summed E-state index contributed by atoms with van der Waals surface area (Å²) in [5.74, 6) is 0.545. The molecule has 2 aromatic carbocycles. The van der Waals surface area contributed by atoms with E-state index >= 15 is 0 Å². The molecule has 1 unspecified atom stereocenters. The van der Waals surface area contributed by atoms with Crippen LogP contribution in [-0.4, -0.2) is 6.04 Å².